The summed E-state index contributed by atoms with van der Waals surface area (Å²) in [6.07, 6.45) is 2.08. The molecule has 0 saturated carbocycles. The maximum atomic E-state index is 12.5. The summed E-state index contributed by atoms with van der Waals surface area (Å²) in [6.45, 7) is 4.64. The van der Waals surface area contributed by atoms with Crippen LogP contribution in [0.5, 0.6) is 0 Å². The zero-order valence-corrected chi connectivity index (χ0v) is 14.3. The van der Waals surface area contributed by atoms with Crippen LogP contribution in [-0.4, -0.2) is 52.5 Å². The predicted molar refractivity (Wildman–Crippen MR) is 90.4 cm³/mol. The minimum atomic E-state index is 0.140. The summed E-state index contributed by atoms with van der Waals surface area (Å²) in [7, 11) is 1.86. The number of likely N-dealkylation sites (N-methyl/N-ethyl adjacent to an activating group) is 1. The lowest BCUT2D eigenvalue weighted by molar-refractivity contribution is -0.132. The third-order valence-corrected chi connectivity index (χ3v) is 4.45. The molecule has 0 bridgehead atoms. The lowest BCUT2D eigenvalue weighted by atomic mass is 9.98. The molecule has 1 amide bonds. The summed E-state index contributed by atoms with van der Waals surface area (Å²) in [6, 6.07) is 10.1. The van der Waals surface area contributed by atoms with Gasteiger partial charge >= 0.3 is 0 Å². The standard InChI is InChI=1S/C18H24N4O2/c1-14-19-18(24-20-14)16-9-6-10-22(12-16)13-17(23)21(2)11-15-7-4-3-5-8-15/h3-5,7-8,16H,6,9-13H2,1-2H3/t16-/m1/s1. The van der Waals surface area contributed by atoms with E-state index in [2.05, 4.69) is 15.0 Å². The van der Waals surface area contributed by atoms with Gasteiger partial charge in [-0.25, -0.2) is 0 Å². The second-order valence-electron chi connectivity index (χ2n) is 6.49. The first-order valence-electron chi connectivity index (χ1n) is 8.42. The SMILES string of the molecule is Cc1noc([C@@H]2CCCN(CC(=O)N(C)Cc3ccccc3)C2)n1. The molecular formula is C18H24N4O2. The van der Waals surface area contributed by atoms with Gasteiger partial charge in [-0.15, -0.1) is 0 Å². The molecule has 0 spiro atoms. The highest BCUT2D eigenvalue weighted by Crippen LogP contribution is 2.25. The van der Waals surface area contributed by atoms with E-state index in [-0.39, 0.29) is 11.8 Å². The van der Waals surface area contributed by atoms with Crippen molar-refractivity contribution in [1.29, 1.82) is 0 Å². The molecule has 1 fully saturated rings. The van der Waals surface area contributed by atoms with Crippen molar-refractivity contribution < 1.29 is 9.32 Å². The Balaban J connectivity index is 1.53. The Hall–Kier alpha value is -2.21. The number of nitrogens with zero attached hydrogens (tertiary/aromatic N) is 4. The molecule has 1 saturated heterocycles. The number of aryl methyl sites for hydroxylation is 1. The van der Waals surface area contributed by atoms with Gasteiger partial charge in [0.05, 0.1) is 12.5 Å². The van der Waals surface area contributed by atoms with Crippen molar-refractivity contribution in [2.24, 2.45) is 0 Å². The fraction of sp³-hybridized carbons (Fsp3) is 0.500. The fourth-order valence-electron chi connectivity index (χ4n) is 3.14. The molecule has 0 radical (unpaired) electrons. The highest BCUT2D eigenvalue weighted by atomic mass is 16.5. The molecule has 2 aromatic rings. The molecule has 0 N–H and O–H groups in total. The molecule has 24 heavy (non-hydrogen) atoms. The number of piperidine rings is 1. The van der Waals surface area contributed by atoms with Crippen molar-refractivity contribution in [1.82, 2.24) is 19.9 Å². The summed E-state index contributed by atoms with van der Waals surface area (Å²) in [4.78, 5) is 20.8. The topological polar surface area (TPSA) is 62.5 Å². The second kappa shape index (κ2) is 7.57. The first-order valence-corrected chi connectivity index (χ1v) is 8.42. The van der Waals surface area contributed by atoms with Crippen LogP contribution in [-0.2, 0) is 11.3 Å². The van der Waals surface area contributed by atoms with Gasteiger partial charge in [-0.05, 0) is 31.9 Å². The normalized spacial score (nSPS) is 18.5. The van der Waals surface area contributed by atoms with Crippen LogP contribution in [0.2, 0.25) is 0 Å². The Morgan fingerprint density at radius 2 is 2.17 bits per heavy atom. The summed E-state index contributed by atoms with van der Waals surface area (Å²) in [5.74, 6) is 1.73. The van der Waals surface area contributed by atoms with Crippen LogP contribution in [0.15, 0.2) is 34.9 Å². The predicted octanol–water partition coefficient (Wildman–Crippen LogP) is 2.22. The van der Waals surface area contributed by atoms with E-state index in [9.17, 15) is 4.79 Å². The number of benzene rings is 1. The Morgan fingerprint density at radius 1 is 1.38 bits per heavy atom. The van der Waals surface area contributed by atoms with Crippen molar-refractivity contribution >= 4 is 5.91 Å². The summed E-state index contributed by atoms with van der Waals surface area (Å²) < 4.78 is 5.30. The van der Waals surface area contributed by atoms with Crippen molar-refractivity contribution in [3.8, 4) is 0 Å². The van der Waals surface area contributed by atoms with E-state index in [0.717, 1.165) is 31.5 Å². The molecule has 0 unspecified atom stereocenters. The molecule has 3 rings (SSSR count). The average Bonchev–Trinajstić information content (AvgIpc) is 3.02. The van der Waals surface area contributed by atoms with Gasteiger partial charge in [0, 0.05) is 20.1 Å². The van der Waals surface area contributed by atoms with Gasteiger partial charge in [-0.1, -0.05) is 35.5 Å². The van der Waals surface area contributed by atoms with E-state index >= 15 is 0 Å². The van der Waals surface area contributed by atoms with Crippen LogP contribution >= 0.6 is 0 Å². The van der Waals surface area contributed by atoms with Gasteiger partial charge < -0.3 is 9.42 Å². The van der Waals surface area contributed by atoms with Gasteiger partial charge in [0.2, 0.25) is 11.8 Å². The molecular weight excluding hydrogens is 304 g/mol. The van der Waals surface area contributed by atoms with E-state index in [0.29, 0.717) is 24.8 Å². The minimum Gasteiger partial charge on any atom is -0.340 e. The van der Waals surface area contributed by atoms with Gasteiger partial charge in [-0.2, -0.15) is 4.98 Å². The monoisotopic (exact) mass is 328 g/mol. The minimum absolute atomic E-state index is 0.140. The van der Waals surface area contributed by atoms with Crippen LogP contribution in [0.3, 0.4) is 0 Å². The molecule has 1 aliphatic heterocycles. The van der Waals surface area contributed by atoms with Crippen LogP contribution in [0.25, 0.3) is 0 Å². The number of hydrogen-bond donors (Lipinski definition) is 0. The second-order valence-corrected chi connectivity index (χ2v) is 6.49. The smallest absolute Gasteiger partial charge is 0.236 e. The highest BCUT2D eigenvalue weighted by Gasteiger charge is 2.27. The van der Waals surface area contributed by atoms with Crippen LogP contribution in [0.4, 0.5) is 0 Å². The van der Waals surface area contributed by atoms with Crippen LogP contribution in [0.1, 0.15) is 36.0 Å². The van der Waals surface area contributed by atoms with Gasteiger partial charge in [0.15, 0.2) is 5.82 Å². The number of aromatic nitrogens is 2. The first kappa shape index (κ1) is 16.6. The van der Waals surface area contributed by atoms with E-state index in [4.69, 9.17) is 4.52 Å². The zero-order valence-electron chi connectivity index (χ0n) is 14.3. The van der Waals surface area contributed by atoms with E-state index in [1.807, 2.05) is 44.3 Å². The Morgan fingerprint density at radius 3 is 2.88 bits per heavy atom. The number of amides is 1. The summed E-state index contributed by atoms with van der Waals surface area (Å²) in [5, 5.41) is 3.87. The Bertz CT molecular complexity index is 671. The molecule has 6 nitrogen and oxygen atoms in total. The van der Waals surface area contributed by atoms with Gasteiger partial charge in [0.25, 0.3) is 0 Å². The number of rotatable bonds is 5. The zero-order chi connectivity index (χ0) is 16.9. The molecule has 0 aliphatic carbocycles. The van der Waals surface area contributed by atoms with Gasteiger partial charge in [-0.3, -0.25) is 9.69 Å². The third-order valence-electron chi connectivity index (χ3n) is 4.45. The van der Waals surface area contributed by atoms with Crippen molar-refractivity contribution in [3.63, 3.8) is 0 Å². The highest BCUT2D eigenvalue weighted by molar-refractivity contribution is 5.78. The van der Waals surface area contributed by atoms with E-state index in [1.165, 1.54) is 0 Å². The number of hydrogen-bond acceptors (Lipinski definition) is 5. The molecule has 1 aliphatic rings. The molecule has 6 heteroatoms. The lowest BCUT2D eigenvalue weighted by Crippen LogP contribution is -2.42. The average molecular weight is 328 g/mol. The van der Waals surface area contributed by atoms with Crippen molar-refractivity contribution in [3.05, 3.63) is 47.6 Å². The van der Waals surface area contributed by atoms with Crippen LogP contribution < -0.4 is 0 Å². The number of carbonyl (C=O) groups is 1. The molecule has 2 heterocycles. The quantitative estimate of drug-likeness (QED) is 0.842. The number of likely N-dealkylation sites (tertiary alicyclic amines) is 1. The summed E-state index contributed by atoms with van der Waals surface area (Å²) >= 11 is 0. The van der Waals surface area contributed by atoms with E-state index < -0.39 is 0 Å². The lowest BCUT2D eigenvalue weighted by Gasteiger charge is -2.31. The van der Waals surface area contributed by atoms with Crippen molar-refractivity contribution in [2.75, 3.05) is 26.7 Å². The Labute approximate surface area is 142 Å². The fourth-order valence-corrected chi connectivity index (χ4v) is 3.14. The van der Waals surface area contributed by atoms with Gasteiger partial charge in [0.1, 0.15) is 0 Å². The molecule has 1 atom stereocenters. The molecule has 1 aromatic heterocycles. The van der Waals surface area contributed by atoms with Crippen molar-refractivity contribution in [2.45, 2.75) is 32.2 Å². The molecule has 1 aromatic carbocycles. The largest absolute Gasteiger partial charge is 0.340 e. The van der Waals surface area contributed by atoms with E-state index in [1.54, 1.807) is 4.90 Å². The van der Waals surface area contributed by atoms with Crippen LogP contribution in [0, 0.1) is 6.92 Å². The third kappa shape index (κ3) is 4.20. The summed E-state index contributed by atoms with van der Waals surface area (Å²) in [5.41, 5.74) is 1.14. The Kier molecular flexibility index (Phi) is 5.25. The maximum absolute atomic E-state index is 12.5. The molecule has 128 valence electrons. The first-order chi connectivity index (χ1) is 11.6. The number of carbonyl (C=O) groups excluding carboxylic acids is 1. The maximum Gasteiger partial charge on any atom is 0.236 e.